The summed E-state index contributed by atoms with van der Waals surface area (Å²) in [5.74, 6) is 0. The Bertz CT molecular complexity index is 253. The largest absolute Gasteiger partial charge is 0.393 e. The van der Waals surface area contributed by atoms with Crippen LogP contribution in [0.25, 0.3) is 0 Å². The van der Waals surface area contributed by atoms with Crippen molar-refractivity contribution in [2.45, 2.75) is 32.2 Å². The molecule has 0 unspecified atom stereocenters. The minimum Gasteiger partial charge on any atom is -0.393 e. The lowest BCUT2D eigenvalue weighted by Crippen LogP contribution is -2.43. The zero-order chi connectivity index (χ0) is 11.4. The summed E-state index contributed by atoms with van der Waals surface area (Å²) in [5, 5.41) is 0. The van der Waals surface area contributed by atoms with Gasteiger partial charge < -0.3 is 15.5 Å². The quantitative estimate of drug-likeness (QED) is 0.721. The van der Waals surface area contributed by atoms with E-state index in [0.29, 0.717) is 24.0 Å². The Morgan fingerprint density at radius 2 is 2.13 bits per heavy atom. The molecule has 0 aromatic rings. The SMILES string of the molecule is CCN(C)C(=O)N(CCC(N)=S)C1CC1. The molecule has 0 aromatic heterocycles. The lowest BCUT2D eigenvalue weighted by Gasteiger charge is -2.27. The Balaban J connectivity index is 2.49. The number of amides is 2. The molecular formula is C10H19N3OS. The predicted octanol–water partition coefficient (Wildman–Crippen LogP) is 1.20. The van der Waals surface area contributed by atoms with Gasteiger partial charge in [-0.15, -0.1) is 0 Å². The van der Waals surface area contributed by atoms with Crippen LogP contribution >= 0.6 is 12.2 Å². The van der Waals surface area contributed by atoms with Gasteiger partial charge in [-0.2, -0.15) is 0 Å². The fourth-order valence-electron chi connectivity index (χ4n) is 1.41. The van der Waals surface area contributed by atoms with Gasteiger partial charge in [0, 0.05) is 32.6 Å². The molecule has 0 heterocycles. The Hall–Kier alpha value is -0.840. The van der Waals surface area contributed by atoms with Crippen LogP contribution < -0.4 is 5.73 Å². The molecule has 1 fully saturated rings. The van der Waals surface area contributed by atoms with Gasteiger partial charge in [0.2, 0.25) is 0 Å². The molecule has 0 aromatic carbocycles. The lowest BCUT2D eigenvalue weighted by molar-refractivity contribution is 0.163. The number of nitrogens with two attached hydrogens (primary N) is 1. The molecule has 1 saturated carbocycles. The molecule has 1 aliphatic carbocycles. The number of rotatable bonds is 5. The predicted molar refractivity (Wildman–Crippen MR) is 64.8 cm³/mol. The number of carbonyl (C=O) groups is 1. The van der Waals surface area contributed by atoms with Crippen molar-refractivity contribution in [3.05, 3.63) is 0 Å². The van der Waals surface area contributed by atoms with Crippen LogP contribution in [-0.2, 0) is 0 Å². The molecule has 0 spiro atoms. The van der Waals surface area contributed by atoms with Crippen molar-refractivity contribution in [3.63, 3.8) is 0 Å². The second-order valence-corrected chi connectivity index (χ2v) is 4.46. The summed E-state index contributed by atoms with van der Waals surface area (Å²) >= 11 is 4.83. The van der Waals surface area contributed by atoms with Gasteiger partial charge in [-0.3, -0.25) is 0 Å². The molecule has 0 aliphatic heterocycles. The number of urea groups is 1. The Labute approximate surface area is 96.4 Å². The van der Waals surface area contributed by atoms with Crippen molar-refractivity contribution < 1.29 is 4.79 Å². The lowest BCUT2D eigenvalue weighted by atomic mass is 10.3. The zero-order valence-electron chi connectivity index (χ0n) is 9.40. The molecule has 1 aliphatic rings. The summed E-state index contributed by atoms with van der Waals surface area (Å²) in [7, 11) is 1.82. The fourth-order valence-corrected chi connectivity index (χ4v) is 1.50. The van der Waals surface area contributed by atoms with Crippen LogP contribution in [0.5, 0.6) is 0 Å². The molecule has 5 heteroatoms. The monoisotopic (exact) mass is 229 g/mol. The summed E-state index contributed by atoms with van der Waals surface area (Å²) < 4.78 is 0. The second-order valence-electron chi connectivity index (χ2n) is 3.94. The normalized spacial score (nSPS) is 14.8. The van der Waals surface area contributed by atoms with Crippen molar-refractivity contribution in [3.8, 4) is 0 Å². The van der Waals surface area contributed by atoms with Crippen molar-refractivity contribution in [2.24, 2.45) is 5.73 Å². The molecule has 1 rings (SSSR count). The highest BCUT2D eigenvalue weighted by atomic mass is 32.1. The minimum atomic E-state index is 0.0938. The first-order valence-electron chi connectivity index (χ1n) is 5.36. The van der Waals surface area contributed by atoms with Gasteiger partial charge in [0.1, 0.15) is 0 Å². The molecule has 0 bridgehead atoms. The molecule has 0 radical (unpaired) electrons. The molecular weight excluding hydrogens is 210 g/mol. The van der Waals surface area contributed by atoms with Gasteiger partial charge in [-0.05, 0) is 19.8 Å². The van der Waals surface area contributed by atoms with Crippen LogP contribution in [0.3, 0.4) is 0 Å². The molecule has 2 N–H and O–H groups in total. The van der Waals surface area contributed by atoms with E-state index in [9.17, 15) is 4.79 Å². The smallest absolute Gasteiger partial charge is 0.319 e. The summed E-state index contributed by atoms with van der Waals surface area (Å²) in [6.45, 7) is 3.36. The maximum Gasteiger partial charge on any atom is 0.319 e. The summed E-state index contributed by atoms with van der Waals surface area (Å²) in [5.41, 5.74) is 5.45. The van der Waals surface area contributed by atoms with Crippen LogP contribution in [0, 0.1) is 0 Å². The average molecular weight is 229 g/mol. The third kappa shape index (κ3) is 3.66. The standard InChI is InChI=1S/C10H19N3OS/c1-3-12(2)10(14)13(8-4-5-8)7-6-9(11)15/h8H,3-7H2,1-2H3,(H2,11,15). The van der Waals surface area contributed by atoms with Crippen molar-refractivity contribution >= 4 is 23.2 Å². The van der Waals surface area contributed by atoms with Crippen molar-refractivity contribution in [1.82, 2.24) is 9.80 Å². The van der Waals surface area contributed by atoms with E-state index < -0.39 is 0 Å². The van der Waals surface area contributed by atoms with E-state index in [4.69, 9.17) is 18.0 Å². The maximum atomic E-state index is 11.9. The number of carbonyl (C=O) groups excluding carboxylic acids is 1. The maximum absolute atomic E-state index is 11.9. The third-order valence-corrected chi connectivity index (χ3v) is 2.84. The van der Waals surface area contributed by atoms with Gasteiger partial charge in [-0.1, -0.05) is 12.2 Å². The van der Waals surface area contributed by atoms with E-state index in [-0.39, 0.29) is 6.03 Å². The molecule has 0 atom stereocenters. The van der Waals surface area contributed by atoms with Crippen LogP contribution in [0.2, 0.25) is 0 Å². The number of nitrogens with zero attached hydrogens (tertiary/aromatic N) is 2. The number of hydrogen-bond acceptors (Lipinski definition) is 2. The summed E-state index contributed by atoms with van der Waals surface area (Å²) in [6.07, 6.45) is 2.84. The van der Waals surface area contributed by atoms with E-state index in [1.165, 1.54) is 0 Å². The van der Waals surface area contributed by atoms with Crippen LogP contribution in [0.15, 0.2) is 0 Å². The highest BCUT2D eigenvalue weighted by Crippen LogP contribution is 2.27. The summed E-state index contributed by atoms with van der Waals surface area (Å²) in [4.78, 5) is 16.0. The second kappa shape index (κ2) is 5.30. The van der Waals surface area contributed by atoms with Gasteiger partial charge >= 0.3 is 6.03 Å². The van der Waals surface area contributed by atoms with Gasteiger partial charge in [-0.25, -0.2) is 4.79 Å². The van der Waals surface area contributed by atoms with E-state index in [1.54, 1.807) is 4.90 Å². The molecule has 4 nitrogen and oxygen atoms in total. The first kappa shape index (κ1) is 12.2. The van der Waals surface area contributed by atoms with Gasteiger partial charge in [0.05, 0.1) is 4.99 Å². The van der Waals surface area contributed by atoms with E-state index in [2.05, 4.69) is 0 Å². The Morgan fingerprint density at radius 1 is 1.53 bits per heavy atom. The van der Waals surface area contributed by atoms with E-state index >= 15 is 0 Å². The van der Waals surface area contributed by atoms with E-state index in [1.807, 2.05) is 18.9 Å². The fraction of sp³-hybridized carbons (Fsp3) is 0.800. The van der Waals surface area contributed by atoms with Crippen LogP contribution in [0.1, 0.15) is 26.2 Å². The molecule has 15 heavy (non-hydrogen) atoms. The minimum absolute atomic E-state index is 0.0938. The van der Waals surface area contributed by atoms with Crippen molar-refractivity contribution in [2.75, 3.05) is 20.1 Å². The topological polar surface area (TPSA) is 49.6 Å². The molecule has 2 amide bonds. The van der Waals surface area contributed by atoms with E-state index in [0.717, 1.165) is 19.4 Å². The first-order chi connectivity index (χ1) is 7.06. The number of thiocarbonyl (C=S) groups is 1. The van der Waals surface area contributed by atoms with Gasteiger partial charge in [0.25, 0.3) is 0 Å². The third-order valence-electron chi connectivity index (χ3n) is 2.63. The van der Waals surface area contributed by atoms with Gasteiger partial charge in [0.15, 0.2) is 0 Å². The molecule has 86 valence electrons. The van der Waals surface area contributed by atoms with Crippen LogP contribution in [0.4, 0.5) is 4.79 Å². The Morgan fingerprint density at radius 3 is 2.53 bits per heavy atom. The highest BCUT2D eigenvalue weighted by Gasteiger charge is 2.33. The average Bonchev–Trinajstić information content (AvgIpc) is 3.00. The highest BCUT2D eigenvalue weighted by molar-refractivity contribution is 7.80. The zero-order valence-corrected chi connectivity index (χ0v) is 10.2. The molecule has 0 saturated heterocycles. The Kier molecular flexibility index (Phi) is 4.32. The van der Waals surface area contributed by atoms with Crippen LogP contribution in [-0.4, -0.2) is 47.0 Å². The first-order valence-corrected chi connectivity index (χ1v) is 5.77. The summed E-state index contributed by atoms with van der Waals surface area (Å²) in [6, 6.07) is 0.511. The number of hydrogen-bond donors (Lipinski definition) is 1. The van der Waals surface area contributed by atoms with Crippen molar-refractivity contribution in [1.29, 1.82) is 0 Å².